The van der Waals surface area contributed by atoms with Crippen molar-refractivity contribution in [1.82, 2.24) is 4.72 Å². The van der Waals surface area contributed by atoms with Crippen LogP contribution in [0.15, 0.2) is 34.8 Å². The first kappa shape index (κ1) is 18.5. The van der Waals surface area contributed by atoms with E-state index in [1.807, 2.05) is 6.07 Å². The molecule has 0 spiro atoms. The summed E-state index contributed by atoms with van der Waals surface area (Å²) in [4.78, 5) is 12.5. The Morgan fingerprint density at radius 1 is 1.00 bits per heavy atom. The lowest BCUT2D eigenvalue weighted by atomic mass is 9.99. The van der Waals surface area contributed by atoms with E-state index < -0.39 is 16.1 Å². The van der Waals surface area contributed by atoms with Crippen LogP contribution in [-0.4, -0.2) is 14.4 Å². The number of hydrogen-bond acceptors (Lipinski definition) is 3. The predicted octanol–water partition coefficient (Wildman–Crippen LogP) is 4.08. The van der Waals surface area contributed by atoms with Gasteiger partial charge in [0.1, 0.15) is 0 Å². The van der Waals surface area contributed by atoms with Crippen molar-refractivity contribution in [2.45, 2.75) is 44.3 Å². The molecule has 0 fully saturated rings. The normalized spacial score (nSPS) is 15.3. The van der Waals surface area contributed by atoms with Gasteiger partial charge in [0, 0.05) is 10.2 Å². The van der Waals surface area contributed by atoms with E-state index in [1.54, 1.807) is 18.2 Å². The molecular weight excluding hydrogens is 428 g/mol. The monoisotopic (exact) mass is 448 g/mol. The van der Waals surface area contributed by atoms with Crippen LogP contribution >= 0.6 is 15.9 Å². The number of urea groups is 1. The first-order valence-corrected chi connectivity index (χ1v) is 11.6. The van der Waals surface area contributed by atoms with E-state index in [9.17, 15) is 13.2 Å². The Kier molecular flexibility index (Phi) is 4.99. The summed E-state index contributed by atoms with van der Waals surface area (Å²) in [5.74, 6) is -0.257. The number of halogens is 1. The fourth-order valence-corrected chi connectivity index (χ4v) is 5.78. The van der Waals surface area contributed by atoms with Gasteiger partial charge in [-0.25, -0.2) is 17.9 Å². The molecule has 142 valence electrons. The van der Waals surface area contributed by atoms with Crippen LogP contribution in [0.25, 0.3) is 0 Å². The maximum Gasteiger partial charge on any atom is 0.332 e. The van der Waals surface area contributed by atoms with Crippen molar-refractivity contribution in [3.8, 4) is 0 Å². The van der Waals surface area contributed by atoms with E-state index in [0.717, 1.165) is 44.2 Å². The molecule has 7 heteroatoms. The highest BCUT2D eigenvalue weighted by atomic mass is 79.9. The standard InChI is InChI=1S/C20H21BrN2O3S/c21-18-10-2-1-5-15(18)12-27(25,26)23-20(24)22-19-16-8-3-6-13(16)11-14-7-4-9-17(14)19/h1-2,5,10-11H,3-4,6-9,12H2,(H2,22,23,24). The fraction of sp³-hybridized carbons (Fsp3) is 0.350. The summed E-state index contributed by atoms with van der Waals surface area (Å²) in [6.07, 6.45) is 6.08. The second-order valence-electron chi connectivity index (χ2n) is 7.14. The number of nitrogens with one attached hydrogen (secondary N) is 2. The summed E-state index contributed by atoms with van der Waals surface area (Å²) < 4.78 is 27.7. The molecule has 27 heavy (non-hydrogen) atoms. The first-order chi connectivity index (χ1) is 12.9. The number of amides is 2. The van der Waals surface area contributed by atoms with Crippen molar-refractivity contribution in [1.29, 1.82) is 0 Å². The number of anilines is 1. The molecule has 5 nitrogen and oxygen atoms in total. The van der Waals surface area contributed by atoms with Crippen LogP contribution in [0.5, 0.6) is 0 Å². The highest BCUT2D eigenvalue weighted by Gasteiger charge is 2.26. The molecule has 0 saturated carbocycles. The number of rotatable bonds is 4. The zero-order chi connectivity index (χ0) is 19.0. The Morgan fingerprint density at radius 3 is 2.26 bits per heavy atom. The summed E-state index contributed by atoms with van der Waals surface area (Å²) in [5, 5.41) is 2.86. The Hall–Kier alpha value is -1.86. The fourth-order valence-electron chi connectivity index (χ4n) is 4.10. The topological polar surface area (TPSA) is 75.3 Å². The molecular formula is C20H21BrN2O3S. The Balaban J connectivity index is 1.53. The van der Waals surface area contributed by atoms with Gasteiger partial charge in [0.15, 0.2) is 0 Å². The second kappa shape index (κ2) is 7.28. The quantitative estimate of drug-likeness (QED) is 0.739. The molecule has 0 atom stereocenters. The zero-order valence-corrected chi connectivity index (χ0v) is 17.2. The van der Waals surface area contributed by atoms with Gasteiger partial charge in [0.2, 0.25) is 10.0 Å². The number of carbonyl (C=O) groups excluding carboxylic acids is 1. The molecule has 0 saturated heterocycles. The molecule has 2 aromatic carbocycles. The van der Waals surface area contributed by atoms with Gasteiger partial charge < -0.3 is 5.32 Å². The molecule has 2 N–H and O–H groups in total. The van der Waals surface area contributed by atoms with Gasteiger partial charge in [-0.05, 0) is 72.4 Å². The lowest BCUT2D eigenvalue weighted by Crippen LogP contribution is -2.35. The molecule has 0 bridgehead atoms. The van der Waals surface area contributed by atoms with Crippen LogP contribution in [0.2, 0.25) is 0 Å². The second-order valence-corrected chi connectivity index (χ2v) is 9.72. The third-order valence-corrected chi connectivity index (χ3v) is 7.22. The summed E-state index contributed by atoms with van der Waals surface area (Å²) in [6.45, 7) is 0. The lowest BCUT2D eigenvalue weighted by Gasteiger charge is -2.16. The van der Waals surface area contributed by atoms with Crippen molar-refractivity contribution in [3.63, 3.8) is 0 Å². The largest absolute Gasteiger partial charge is 0.332 e. The first-order valence-electron chi connectivity index (χ1n) is 9.14. The summed E-state index contributed by atoms with van der Waals surface area (Å²) in [6, 6.07) is 8.68. The zero-order valence-electron chi connectivity index (χ0n) is 14.8. The van der Waals surface area contributed by atoms with Crippen molar-refractivity contribution in [2.24, 2.45) is 0 Å². The Labute approximate surface area is 167 Å². The van der Waals surface area contributed by atoms with E-state index in [1.165, 1.54) is 22.3 Å². The predicted molar refractivity (Wildman–Crippen MR) is 109 cm³/mol. The third kappa shape index (κ3) is 3.89. The summed E-state index contributed by atoms with van der Waals surface area (Å²) >= 11 is 3.34. The van der Waals surface area contributed by atoms with Gasteiger partial charge in [-0.3, -0.25) is 0 Å². The number of benzene rings is 2. The van der Waals surface area contributed by atoms with Gasteiger partial charge in [0.05, 0.1) is 5.75 Å². The van der Waals surface area contributed by atoms with Gasteiger partial charge in [-0.15, -0.1) is 0 Å². The molecule has 0 heterocycles. The van der Waals surface area contributed by atoms with Crippen LogP contribution in [0, 0.1) is 0 Å². The molecule has 2 aliphatic rings. The van der Waals surface area contributed by atoms with E-state index in [-0.39, 0.29) is 5.75 Å². The maximum absolute atomic E-state index is 12.5. The number of carbonyl (C=O) groups is 1. The maximum atomic E-state index is 12.5. The number of aryl methyl sites for hydroxylation is 2. The molecule has 2 amide bonds. The highest BCUT2D eigenvalue weighted by Crippen LogP contribution is 2.38. The SMILES string of the molecule is O=C(Nc1c2c(cc3c1CCC3)CCC2)NS(=O)(=O)Cc1ccccc1Br. The van der Waals surface area contributed by atoms with Crippen LogP contribution in [-0.2, 0) is 41.5 Å². The number of hydrogen-bond donors (Lipinski definition) is 2. The van der Waals surface area contributed by atoms with Gasteiger partial charge >= 0.3 is 6.03 Å². The van der Waals surface area contributed by atoms with Crippen LogP contribution in [0.1, 0.15) is 40.7 Å². The van der Waals surface area contributed by atoms with E-state index >= 15 is 0 Å². The van der Waals surface area contributed by atoms with Crippen molar-refractivity contribution in [3.05, 3.63) is 62.6 Å². The molecule has 0 unspecified atom stereocenters. The number of sulfonamides is 1. The van der Waals surface area contributed by atoms with E-state index in [0.29, 0.717) is 10.0 Å². The van der Waals surface area contributed by atoms with Crippen LogP contribution in [0.4, 0.5) is 10.5 Å². The van der Waals surface area contributed by atoms with Crippen LogP contribution < -0.4 is 10.0 Å². The van der Waals surface area contributed by atoms with Crippen molar-refractivity contribution in [2.75, 3.05) is 5.32 Å². The number of fused-ring (bicyclic) bond motifs is 2. The molecule has 2 aliphatic carbocycles. The highest BCUT2D eigenvalue weighted by molar-refractivity contribution is 9.10. The molecule has 2 aromatic rings. The summed E-state index contributed by atoms with van der Waals surface area (Å²) in [5.41, 5.74) is 6.39. The average Bonchev–Trinajstić information content (AvgIpc) is 3.25. The smallest absolute Gasteiger partial charge is 0.307 e. The minimum absolute atomic E-state index is 0.257. The van der Waals surface area contributed by atoms with Gasteiger partial charge in [-0.2, -0.15) is 0 Å². The minimum atomic E-state index is -3.80. The minimum Gasteiger partial charge on any atom is -0.307 e. The van der Waals surface area contributed by atoms with Crippen molar-refractivity contribution >= 4 is 37.7 Å². The van der Waals surface area contributed by atoms with Crippen LogP contribution in [0.3, 0.4) is 0 Å². The Morgan fingerprint density at radius 2 is 1.63 bits per heavy atom. The lowest BCUT2D eigenvalue weighted by molar-refractivity contribution is 0.256. The molecule has 0 aliphatic heterocycles. The summed E-state index contributed by atoms with van der Waals surface area (Å²) in [7, 11) is -3.80. The van der Waals surface area contributed by atoms with Gasteiger partial charge in [-0.1, -0.05) is 40.2 Å². The molecule has 0 aromatic heterocycles. The van der Waals surface area contributed by atoms with E-state index in [2.05, 4.69) is 32.0 Å². The third-order valence-electron chi connectivity index (χ3n) is 5.26. The average molecular weight is 449 g/mol. The van der Waals surface area contributed by atoms with Gasteiger partial charge in [0.25, 0.3) is 0 Å². The Bertz CT molecular complexity index is 986. The molecule has 4 rings (SSSR count). The molecule has 0 radical (unpaired) electrons. The van der Waals surface area contributed by atoms with Crippen molar-refractivity contribution < 1.29 is 13.2 Å². The van der Waals surface area contributed by atoms with E-state index in [4.69, 9.17) is 0 Å².